The molecule has 1 aromatic heterocycles. The van der Waals surface area contributed by atoms with E-state index in [1.807, 2.05) is 24.4 Å². The van der Waals surface area contributed by atoms with Gasteiger partial charge in [-0.3, -0.25) is 9.88 Å². The van der Waals surface area contributed by atoms with Crippen LogP contribution < -0.4 is 9.47 Å². The van der Waals surface area contributed by atoms with Gasteiger partial charge in [0, 0.05) is 42.5 Å². The lowest BCUT2D eigenvalue weighted by molar-refractivity contribution is 0.243. The van der Waals surface area contributed by atoms with Crippen LogP contribution in [0.1, 0.15) is 23.7 Å². The molecule has 1 aromatic carbocycles. The fourth-order valence-electron chi connectivity index (χ4n) is 2.64. The van der Waals surface area contributed by atoms with E-state index in [1.165, 1.54) is 5.56 Å². The van der Waals surface area contributed by atoms with Crippen molar-refractivity contribution in [3.05, 3.63) is 52.3 Å². The van der Waals surface area contributed by atoms with Gasteiger partial charge in [-0.25, -0.2) is 0 Å². The van der Waals surface area contributed by atoms with E-state index in [4.69, 9.17) is 21.1 Å². The third-order valence-corrected chi connectivity index (χ3v) is 4.50. The van der Waals surface area contributed by atoms with Gasteiger partial charge in [-0.2, -0.15) is 0 Å². The fraction of sp³-hybridized carbons (Fsp3) is 0.421. The number of benzene rings is 1. The number of pyridine rings is 1. The van der Waals surface area contributed by atoms with E-state index in [-0.39, 0.29) is 0 Å². The maximum Gasteiger partial charge on any atom is 0.141 e. The normalized spacial score (nSPS) is 12.3. The number of rotatable bonds is 7. The molecule has 0 N–H and O–H groups in total. The highest BCUT2D eigenvalue weighted by molar-refractivity contribution is 6.32. The molecule has 24 heavy (non-hydrogen) atoms. The molecule has 0 aliphatic rings. The highest BCUT2D eigenvalue weighted by Gasteiger charge is 2.16. The minimum absolute atomic E-state index is 0.338. The fourth-order valence-corrected chi connectivity index (χ4v) is 2.90. The lowest BCUT2D eigenvalue weighted by Gasteiger charge is -2.25. The number of halogens is 1. The number of likely N-dealkylation sites (N-methyl/N-ethyl adjacent to an activating group) is 1. The Morgan fingerprint density at radius 2 is 1.88 bits per heavy atom. The van der Waals surface area contributed by atoms with Crippen LogP contribution in [-0.2, 0) is 13.0 Å². The maximum absolute atomic E-state index is 6.26. The minimum atomic E-state index is 0.338. The van der Waals surface area contributed by atoms with E-state index in [0.717, 1.165) is 30.0 Å². The number of hydrogen-bond donors (Lipinski definition) is 0. The molecule has 0 fully saturated rings. The zero-order valence-electron chi connectivity index (χ0n) is 15.0. The van der Waals surface area contributed by atoms with E-state index in [0.29, 0.717) is 16.8 Å². The monoisotopic (exact) mass is 348 g/mol. The Balaban J connectivity index is 2.10. The van der Waals surface area contributed by atoms with Crippen molar-refractivity contribution >= 4 is 11.6 Å². The molecule has 0 saturated carbocycles. The van der Waals surface area contributed by atoms with Crippen LogP contribution in [0.3, 0.4) is 0 Å². The molecular weight excluding hydrogens is 324 g/mol. The molecule has 1 heterocycles. The molecule has 2 rings (SSSR count). The number of ether oxygens (including phenoxy) is 2. The third kappa shape index (κ3) is 4.62. The van der Waals surface area contributed by atoms with Gasteiger partial charge in [-0.1, -0.05) is 11.6 Å². The van der Waals surface area contributed by atoms with Crippen molar-refractivity contribution in [1.29, 1.82) is 0 Å². The Hall–Kier alpha value is -1.78. The highest BCUT2D eigenvalue weighted by Crippen LogP contribution is 2.33. The Kier molecular flexibility index (Phi) is 6.46. The van der Waals surface area contributed by atoms with Crippen LogP contribution in [0.25, 0.3) is 0 Å². The Bertz CT molecular complexity index is 691. The van der Waals surface area contributed by atoms with Crippen LogP contribution >= 0.6 is 11.6 Å². The van der Waals surface area contributed by atoms with Crippen molar-refractivity contribution in [3.63, 3.8) is 0 Å². The molecule has 0 aliphatic carbocycles. The van der Waals surface area contributed by atoms with Gasteiger partial charge < -0.3 is 9.47 Å². The van der Waals surface area contributed by atoms with Crippen molar-refractivity contribution in [2.75, 3.05) is 21.3 Å². The smallest absolute Gasteiger partial charge is 0.141 e. The summed E-state index contributed by atoms with van der Waals surface area (Å²) >= 11 is 6.26. The van der Waals surface area contributed by atoms with Crippen molar-refractivity contribution in [2.24, 2.45) is 0 Å². The van der Waals surface area contributed by atoms with Gasteiger partial charge >= 0.3 is 0 Å². The predicted octanol–water partition coefficient (Wildman–Crippen LogP) is 4.12. The van der Waals surface area contributed by atoms with Crippen LogP contribution in [0.15, 0.2) is 30.5 Å². The zero-order valence-corrected chi connectivity index (χ0v) is 15.7. The number of aromatic nitrogens is 1. The summed E-state index contributed by atoms with van der Waals surface area (Å²) in [6.07, 6.45) is 2.76. The largest absolute Gasteiger partial charge is 0.496 e. The molecule has 130 valence electrons. The van der Waals surface area contributed by atoms with Crippen LogP contribution in [0.4, 0.5) is 0 Å². The molecule has 0 spiro atoms. The predicted molar refractivity (Wildman–Crippen MR) is 98.2 cm³/mol. The second-order valence-corrected chi connectivity index (χ2v) is 6.50. The van der Waals surface area contributed by atoms with Gasteiger partial charge in [0.25, 0.3) is 0 Å². The number of nitrogens with zero attached hydrogens (tertiary/aromatic N) is 2. The lowest BCUT2D eigenvalue weighted by Crippen LogP contribution is -2.30. The molecule has 1 unspecified atom stereocenters. The van der Waals surface area contributed by atoms with E-state index in [9.17, 15) is 0 Å². The molecule has 1 atom stereocenters. The molecule has 0 amide bonds. The second-order valence-electron chi connectivity index (χ2n) is 6.09. The van der Waals surface area contributed by atoms with Crippen LogP contribution in [0, 0.1) is 6.92 Å². The standard InChI is InChI=1S/C19H25ClN2O2/c1-13-6-7-21-16(8-13)9-14(2)22(3)12-15-10-17(20)19(24-5)11-18(15)23-4/h6-8,10-11,14H,9,12H2,1-5H3. The molecule has 0 radical (unpaired) electrons. The molecule has 5 heteroatoms. The first-order valence-corrected chi connectivity index (χ1v) is 8.34. The van der Waals surface area contributed by atoms with Crippen LogP contribution in [0.2, 0.25) is 5.02 Å². The average Bonchev–Trinajstić information content (AvgIpc) is 2.55. The first-order valence-electron chi connectivity index (χ1n) is 7.96. The maximum atomic E-state index is 6.26. The summed E-state index contributed by atoms with van der Waals surface area (Å²) in [6, 6.07) is 8.23. The van der Waals surface area contributed by atoms with Crippen molar-refractivity contribution in [3.8, 4) is 11.5 Å². The SMILES string of the molecule is COc1cc(OC)c(CN(C)C(C)Cc2cc(C)ccn2)cc1Cl. The Labute approximate surface area is 149 Å². The molecule has 0 aliphatic heterocycles. The topological polar surface area (TPSA) is 34.6 Å². The number of methoxy groups -OCH3 is 2. The molecular formula is C19H25ClN2O2. The Morgan fingerprint density at radius 1 is 1.17 bits per heavy atom. The summed E-state index contributed by atoms with van der Waals surface area (Å²) < 4.78 is 10.7. The van der Waals surface area contributed by atoms with Crippen LogP contribution in [-0.4, -0.2) is 37.2 Å². The van der Waals surface area contributed by atoms with E-state index in [2.05, 4.69) is 36.8 Å². The average molecular weight is 349 g/mol. The summed E-state index contributed by atoms with van der Waals surface area (Å²) in [4.78, 5) is 6.72. The van der Waals surface area contributed by atoms with E-state index in [1.54, 1.807) is 14.2 Å². The number of hydrogen-bond acceptors (Lipinski definition) is 4. The summed E-state index contributed by atoms with van der Waals surface area (Å²) in [6.45, 7) is 5.02. The molecule has 0 bridgehead atoms. The molecule has 0 saturated heterocycles. The minimum Gasteiger partial charge on any atom is -0.496 e. The molecule has 2 aromatic rings. The van der Waals surface area contributed by atoms with Crippen molar-refractivity contribution < 1.29 is 9.47 Å². The van der Waals surface area contributed by atoms with Gasteiger partial charge in [0.05, 0.1) is 19.2 Å². The summed E-state index contributed by atoms with van der Waals surface area (Å²) in [5.74, 6) is 1.40. The van der Waals surface area contributed by atoms with Gasteiger partial charge in [0.2, 0.25) is 0 Å². The van der Waals surface area contributed by atoms with Gasteiger partial charge in [0.1, 0.15) is 11.5 Å². The first-order chi connectivity index (χ1) is 11.4. The van der Waals surface area contributed by atoms with Gasteiger partial charge in [-0.15, -0.1) is 0 Å². The highest BCUT2D eigenvalue weighted by atomic mass is 35.5. The second kappa shape index (κ2) is 8.36. The lowest BCUT2D eigenvalue weighted by atomic mass is 10.1. The first kappa shape index (κ1) is 18.6. The van der Waals surface area contributed by atoms with E-state index >= 15 is 0 Å². The summed E-state index contributed by atoms with van der Waals surface area (Å²) in [7, 11) is 5.35. The van der Waals surface area contributed by atoms with Gasteiger partial charge in [-0.05, 0) is 44.7 Å². The number of aryl methyl sites for hydroxylation is 1. The summed E-state index contributed by atoms with van der Waals surface area (Å²) in [5, 5.41) is 0.592. The van der Waals surface area contributed by atoms with Gasteiger partial charge in [0.15, 0.2) is 0 Å². The van der Waals surface area contributed by atoms with Crippen molar-refractivity contribution in [2.45, 2.75) is 32.9 Å². The van der Waals surface area contributed by atoms with E-state index < -0.39 is 0 Å². The molecule has 4 nitrogen and oxygen atoms in total. The summed E-state index contributed by atoms with van der Waals surface area (Å²) in [5.41, 5.74) is 3.38. The third-order valence-electron chi connectivity index (χ3n) is 4.20. The quantitative estimate of drug-likeness (QED) is 0.753. The van der Waals surface area contributed by atoms with Crippen molar-refractivity contribution in [1.82, 2.24) is 9.88 Å². The Morgan fingerprint density at radius 3 is 2.50 bits per heavy atom. The zero-order chi connectivity index (χ0) is 17.7. The van der Waals surface area contributed by atoms with Crippen LogP contribution in [0.5, 0.6) is 11.5 Å².